The van der Waals surface area contributed by atoms with Crippen molar-refractivity contribution in [3.63, 3.8) is 0 Å². The van der Waals surface area contributed by atoms with Crippen LogP contribution in [0.15, 0.2) is 24.3 Å². The quantitative estimate of drug-likeness (QED) is 0.566. The maximum absolute atomic E-state index is 2.12. The zero-order chi connectivity index (χ0) is 5.98. The Kier molecular flexibility index (Phi) is 3.81. The molecule has 0 unspecified atom stereocenters. The summed E-state index contributed by atoms with van der Waals surface area (Å²) in [6, 6.07) is 8.36. The maximum atomic E-state index is 2.12. The zero-order valence-electron chi connectivity index (χ0n) is 5.72. The Morgan fingerprint density at radius 1 is 0.889 bits per heavy atom. The Labute approximate surface area is 70.5 Å². The third-order valence-electron chi connectivity index (χ3n) is 1.43. The summed E-state index contributed by atoms with van der Waals surface area (Å²) < 4.78 is 0. The molecule has 0 amide bonds. The van der Waals surface area contributed by atoms with Crippen molar-refractivity contribution in [3.8, 4) is 0 Å². The molecule has 0 aliphatic rings. The van der Waals surface area contributed by atoms with Gasteiger partial charge in [-0.1, -0.05) is 24.3 Å². The fourth-order valence-corrected chi connectivity index (χ4v) is 0.663. The van der Waals surface area contributed by atoms with Gasteiger partial charge in [0, 0.05) is 21.1 Å². The average molecular weight is 202 g/mol. The molecular weight excluding hydrogens is 192 g/mol. The predicted molar refractivity (Wildman–Crippen MR) is 35.9 cm³/mol. The van der Waals surface area contributed by atoms with Gasteiger partial charge in [0.25, 0.3) is 0 Å². The molecule has 1 heteroatoms. The molecule has 0 aliphatic heterocycles. The van der Waals surface area contributed by atoms with E-state index in [4.69, 9.17) is 0 Å². The molecule has 0 bridgehead atoms. The van der Waals surface area contributed by atoms with Crippen LogP contribution in [0.4, 0.5) is 0 Å². The molecular formula is C8H10Mo. The number of hydrogen-bond acceptors (Lipinski definition) is 0. The molecule has 9 heavy (non-hydrogen) atoms. The largest absolute Gasteiger partial charge is 0.0620 e. The Morgan fingerprint density at radius 2 is 1.22 bits per heavy atom. The molecule has 0 aliphatic carbocycles. The maximum Gasteiger partial charge on any atom is 0 e. The number of aryl methyl sites for hydroxylation is 2. The first-order valence-corrected chi connectivity index (χ1v) is 2.83. The summed E-state index contributed by atoms with van der Waals surface area (Å²) in [7, 11) is 0. The van der Waals surface area contributed by atoms with Gasteiger partial charge in [-0.15, -0.1) is 0 Å². The molecule has 0 spiro atoms. The molecule has 1 aromatic rings. The molecule has 48 valence electrons. The van der Waals surface area contributed by atoms with Gasteiger partial charge in [-0.05, 0) is 25.0 Å². The van der Waals surface area contributed by atoms with Crippen LogP contribution >= 0.6 is 0 Å². The second kappa shape index (κ2) is 3.84. The van der Waals surface area contributed by atoms with Crippen LogP contribution in [0.5, 0.6) is 0 Å². The number of hydrogen-bond donors (Lipinski definition) is 0. The molecule has 0 nitrogen and oxygen atoms in total. The van der Waals surface area contributed by atoms with Gasteiger partial charge >= 0.3 is 0 Å². The van der Waals surface area contributed by atoms with E-state index in [1.165, 1.54) is 11.1 Å². The molecule has 0 atom stereocenters. The van der Waals surface area contributed by atoms with Gasteiger partial charge in [-0.25, -0.2) is 0 Å². The van der Waals surface area contributed by atoms with Gasteiger partial charge in [0.1, 0.15) is 0 Å². The Bertz CT molecular complexity index is 161. The van der Waals surface area contributed by atoms with Crippen molar-refractivity contribution in [1.82, 2.24) is 0 Å². The number of rotatable bonds is 0. The second-order valence-electron chi connectivity index (χ2n) is 2.08. The van der Waals surface area contributed by atoms with Gasteiger partial charge in [0.05, 0.1) is 0 Å². The topological polar surface area (TPSA) is 0 Å². The van der Waals surface area contributed by atoms with Crippen molar-refractivity contribution in [2.24, 2.45) is 0 Å². The van der Waals surface area contributed by atoms with Crippen molar-refractivity contribution in [2.45, 2.75) is 13.8 Å². The Morgan fingerprint density at radius 3 is 1.44 bits per heavy atom. The van der Waals surface area contributed by atoms with Crippen LogP contribution in [-0.2, 0) is 21.1 Å². The predicted octanol–water partition coefficient (Wildman–Crippen LogP) is 2.30. The standard InChI is InChI=1S/C8H10.Mo/c1-7-5-3-4-6-8(7)2;/h3-6H,1-2H3;. The molecule has 0 saturated heterocycles. The third kappa shape index (κ3) is 2.32. The van der Waals surface area contributed by atoms with Crippen molar-refractivity contribution in [3.05, 3.63) is 35.4 Å². The SMILES string of the molecule is Cc1ccccc1C.[Mo]. The summed E-state index contributed by atoms with van der Waals surface area (Å²) in [6.45, 7) is 4.24. The first kappa shape index (κ1) is 8.91. The van der Waals surface area contributed by atoms with Crippen LogP contribution in [-0.4, -0.2) is 0 Å². The van der Waals surface area contributed by atoms with Gasteiger partial charge < -0.3 is 0 Å². The van der Waals surface area contributed by atoms with Crippen LogP contribution < -0.4 is 0 Å². The summed E-state index contributed by atoms with van der Waals surface area (Å²) in [5, 5.41) is 0. The van der Waals surface area contributed by atoms with E-state index in [0.717, 1.165) is 0 Å². The van der Waals surface area contributed by atoms with Gasteiger partial charge in [0.15, 0.2) is 0 Å². The van der Waals surface area contributed by atoms with E-state index in [-0.39, 0.29) is 21.1 Å². The normalized spacial score (nSPS) is 8.22. The van der Waals surface area contributed by atoms with E-state index >= 15 is 0 Å². The summed E-state index contributed by atoms with van der Waals surface area (Å²) in [4.78, 5) is 0. The van der Waals surface area contributed by atoms with Crippen LogP contribution in [0.25, 0.3) is 0 Å². The first-order valence-electron chi connectivity index (χ1n) is 2.83. The van der Waals surface area contributed by atoms with E-state index in [1.807, 2.05) is 0 Å². The Balaban J connectivity index is 0.000000640. The van der Waals surface area contributed by atoms with Crippen LogP contribution in [0.3, 0.4) is 0 Å². The van der Waals surface area contributed by atoms with E-state index in [0.29, 0.717) is 0 Å². The molecule has 0 N–H and O–H groups in total. The molecule has 0 fully saturated rings. The van der Waals surface area contributed by atoms with Crippen molar-refractivity contribution < 1.29 is 21.1 Å². The van der Waals surface area contributed by atoms with Crippen LogP contribution in [0.2, 0.25) is 0 Å². The minimum absolute atomic E-state index is 0. The van der Waals surface area contributed by atoms with Crippen molar-refractivity contribution in [2.75, 3.05) is 0 Å². The van der Waals surface area contributed by atoms with E-state index < -0.39 is 0 Å². The first-order chi connectivity index (χ1) is 3.80. The monoisotopic (exact) mass is 204 g/mol. The molecule has 0 heterocycles. The van der Waals surface area contributed by atoms with Crippen molar-refractivity contribution in [1.29, 1.82) is 0 Å². The molecule has 1 aromatic carbocycles. The minimum Gasteiger partial charge on any atom is -0.0620 e. The fraction of sp³-hybridized carbons (Fsp3) is 0.250. The molecule has 0 saturated carbocycles. The zero-order valence-corrected chi connectivity index (χ0v) is 7.72. The summed E-state index contributed by atoms with van der Waals surface area (Å²) in [6.07, 6.45) is 0. The minimum atomic E-state index is 0. The van der Waals surface area contributed by atoms with E-state index in [2.05, 4.69) is 38.1 Å². The fourth-order valence-electron chi connectivity index (χ4n) is 0.663. The Hall–Kier alpha value is -0.0917. The second-order valence-corrected chi connectivity index (χ2v) is 2.08. The van der Waals surface area contributed by atoms with Crippen LogP contribution in [0, 0.1) is 13.8 Å². The van der Waals surface area contributed by atoms with E-state index in [9.17, 15) is 0 Å². The van der Waals surface area contributed by atoms with Gasteiger partial charge in [-0.3, -0.25) is 0 Å². The molecule has 0 aromatic heterocycles. The molecule has 1 rings (SSSR count). The summed E-state index contributed by atoms with van der Waals surface area (Å²) in [5.41, 5.74) is 2.74. The number of benzene rings is 1. The van der Waals surface area contributed by atoms with Crippen molar-refractivity contribution >= 4 is 0 Å². The average Bonchev–Trinajstić information content (AvgIpc) is 1.77. The summed E-state index contributed by atoms with van der Waals surface area (Å²) >= 11 is 0. The smallest absolute Gasteiger partial charge is 0 e. The van der Waals surface area contributed by atoms with Crippen LogP contribution in [0.1, 0.15) is 11.1 Å². The third-order valence-corrected chi connectivity index (χ3v) is 1.43. The molecule has 0 radical (unpaired) electrons. The van der Waals surface area contributed by atoms with Gasteiger partial charge in [0.2, 0.25) is 0 Å². The van der Waals surface area contributed by atoms with E-state index in [1.54, 1.807) is 0 Å². The van der Waals surface area contributed by atoms with Gasteiger partial charge in [-0.2, -0.15) is 0 Å². The summed E-state index contributed by atoms with van der Waals surface area (Å²) in [5.74, 6) is 0.